The third-order valence-electron chi connectivity index (χ3n) is 3.40. The van der Waals surface area contributed by atoms with Crippen LogP contribution in [0.25, 0.3) is 33.9 Å². The van der Waals surface area contributed by atoms with Gasteiger partial charge in [-0.3, -0.25) is 15.0 Å². The number of nitrogens with zero attached hydrogens (tertiary/aromatic N) is 5. The van der Waals surface area contributed by atoms with Crippen molar-refractivity contribution in [2.45, 2.75) is 0 Å². The van der Waals surface area contributed by atoms with Crippen LogP contribution in [0.1, 0.15) is 0 Å². The summed E-state index contributed by atoms with van der Waals surface area (Å²) in [4.78, 5) is 35.5. The smallest absolute Gasteiger partial charge is 0.348 e. The zero-order valence-corrected chi connectivity index (χ0v) is 12.3. The number of fused-ring (bicyclic) bond motifs is 1. The second-order valence-electron chi connectivity index (χ2n) is 4.98. The molecule has 4 heterocycles. The average Bonchev–Trinajstić information content (AvgIpc) is 2.62. The molecule has 8 heteroatoms. The Labute approximate surface area is 135 Å². The van der Waals surface area contributed by atoms with Gasteiger partial charge in [0.25, 0.3) is 0 Å². The number of H-pyrrole nitrogens is 1. The SMILES string of the molecule is Nc1[nH]c(=O)nc2nc(-c3ccccn3)c(-c3ccccn3)nc12. The predicted octanol–water partition coefficient (Wildman–Crippen LogP) is 1.42. The molecule has 0 aliphatic carbocycles. The minimum absolute atomic E-state index is 0.113. The maximum Gasteiger partial charge on any atom is 0.348 e. The lowest BCUT2D eigenvalue weighted by atomic mass is 10.1. The molecule has 24 heavy (non-hydrogen) atoms. The summed E-state index contributed by atoms with van der Waals surface area (Å²) in [6.07, 6.45) is 3.32. The predicted molar refractivity (Wildman–Crippen MR) is 88.8 cm³/mol. The van der Waals surface area contributed by atoms with Crippen LogP contribution in [-0.4, -0.2) is 29.9 Å². The van der Waals surface area contributed by atoms with Crippen molar-refractivity contribution in [1.82, 2.24) is 29.9 Å². The van der Waals surface area contributed by atoms with Gasteiger partial charge in [-0.1, -0.05) is 12.1 Å². The van der Waals surface area contributed by atoms with Gasteiger partial charge >= 0.3 is 5.69 Å². The summed E-state index contributed by atoms with van der Waals surface area (Å²) in [7, 11) is 0. The van der Waals surface area contributed by atoms with Crippen LogP contribution >= 0.6 is 0 Å². The topological polar surface area (TPSA) is 123 Å². The molecule has 8 nitrogen and oxygen atoms in total. The normalized spacial score (nSPS) is 10.8. The van der Waals surface area contributed by atoms with Gasteiger partial charge < -0.3 is 5.73 Å². The maximum atomic E-state index is 11.6. The summed E-state index contributed by atoms with van der Waals surface area (Å²) in [6, 6.07) is 10.9. The van der Waals surface area contributed by atoms with Crippen LogP contribution in [-0.2, 0) is 0 Å². The molecule has 4 aromatic rings. The van der Waals surface area contributed by atoms with Crippen LogP contribution in [0.3, 0.4) is 0 Å². The van der Waals surface area contributed by atoms with Crippen molar-refractivity contribution in [3.05, 3.63) is 59.3 Å². The number of hydrogen-bond donors (Lipinski definition) is 2. The van der Waals surface area contributed by atoms with E-state index in [1.165, 1.54) is 0 Å². The fourth-order valence-electron chi connectivity index (χ4n) is 2.35. The third-order valence-corrected chi connectivity index (χ3v) is 3.40. The number of aromatic amines is 1. The number of pyridine rings is 2. The van der Waals surface area contributed by atoms with Crippen molar-refractivity contribution in [1.29, 1.82) is 0 Å². The zero-order chi connectivity index (χ0) is 16.5. The second kappa shape index (κ2) is 5.51. The van der Waals surface area contributed by atoms with Crippen molar-refractivity contribution < 1.29 is 0 Å². The molecule has 0 fully saturated rings. The quantitative estimate of drug-likeness (QED) is 0.573. The molecule has 0 atom stereocenters. The van der Waals surface area contributed by atoms with Crippen LogP contribution in [0.5, 0.6) is 0 Å². The van der Waals surface area contributed by atoms with Crippen molar-refractivity contribution >= 4 is 17.0 Å². The molecule has 0 amide bonds. The van der Waals surface area contributed by atoms with Crippen LogP contribution in [0.15, 0.2) is 53.6 Å². The highest BCUT2D eigenvalue weighted by Gasteiger charge is 2.17. The number of rotatable bonds is 2. The molecule has 0 saturated heterocycles. The van der Waals surface area contributed by atoms with E-state index in [1.807, 2.05) is 24.3 Å². The molecular weight excluding hydrogens is 306 g/mol. The highest BCUT2D eigenvalue weighted by atomic mass is 16.1. The Balaban J connectivity index is 2.10. The van der Waals surface area contributed by atoms with Gasteiger partial charge in [0.15, 0.2) is 5.65 Å². The molecule has 0 spiro atoms. The Bertz CT molecular complexity index is 1080. The summed E-state index contributed by atoms with van der Waals surface area (Å²) < 4.78 is 0. The summed E-state index contributed by atoms with van der Waals surface area (Å²) in [5.74, 6) is 0.113. The first-order valence-corrected chi connectivity index (χ1v) is 7.13. The van der Waals surface area contributed by atoms with Gasteiger partial charge in [-0.25, -0.2) is 14.8 Å². The van der Waals surface area contributed by atoms with Crippen LogP contribution in [0.2, 0.25) is 0 Å². The monoisotopic (exact) mass is 317 g/mol. The van der Waals surface area contributed by atoms with E-state index in [4.69, 9.17) is 5.73 Å². The van der Waals surface area contributed by atoms with E-state index in [9.17, 15) is 4.79 Å². The van der Waals surface area contributed by atoms with Crippen LogP contribution in [0, 0.1) is 0 Å². The largest absolute Gasteiger partial charge is 0.383 e. The molecular formula is C16H11N7O. The first kappa shape index (κ1) is 13.9. The van der Waals surface area contributed by atoms with E-state index < -0.39 is 5.69 Å². The third kappa shape index (κ3) is 2.35. The lowest BCUT2D eigenvalue weighted by molar-refractivity contribution is 1.08. The Morgan fingerprint density at radius 1 is 0.833 bits per heavy atom. The van der Waals surface area contributed by atoms with E-state index in [0.29, 0.717) is 28.3 Å². The van der Waals surface area contributed by atoms with Gasteiger partial charge in [0, 0.05) is 12.4 Å². The number of nitrogens with two attached hydrogens (primary N) is 1. The van der Waals surface area contributed by atoms with Gasteiger partial charge in [-0.2, -0.15) is 4.98 Å². The number of nitrogens with one attached hydrogen (secondary N) is 1. The number of aromatic nitrogens is 6. The number of hydrogen-bond acceptors (Lipinski definition) is 7. The molecule has 4 rings (SSSR count). The fourth-order valence-corrected chi connectivity index (χ4v) is 2.35. The van der Waals surface area contributed by atoms with Crippen LogP contribution in [0.4, 0.5) is 5.82 Å². The highest BCUT2D eigenvalue weighted by molar-refractivity contribution is 5.87. The molecule has 0 radical (unpaired) electrons. The summed E-state index contributed by atoms with van der Waals surface area (Å²) in [6.45, 7) is 0. The van der Waals surface area contributed by atoms with Gasteiger partial charge in [0.2, 0.25) is 0 Å². The van der Waals surface area contributed by atoms with Crippen molar-refractivity contribution in [3.63, 3.8) is 0 Å². The lowest BCUT2D eigenvalue weighted by Gasteiger charge is -2.09. The summed E-state index contributed by atoms with van der Waals surface area (Å²) >= 11 is 0. The highest BCUT2D eigenvalue weighted by Crippen LogP contribution is 2.28. The molecule has 0 saturated carbocycles. The fraction of sp³-hybridized carbons (Fsp3) is 0. The minimum Gasteiger partial charge on any atom is -0.383 e. The van der Waals surface area contributed by atoms with E-state index in [0.717, 1.165) is 0 Å². The van der Waals surface area contributed by atoms with Crippen LogP contribution < -0.4 is 11.4 Å². The Hall–Kier alpha value is -3.68. The van der Waals surface area contributed by atoms with Crippen molar-refractivity contribution in [2.75, 3.05) is 5.73 Å². The standard InChI is InChI=1S/C16H11N7O/c17-14-13-15(23-16(24)22-14)21-12(10-6-2-4-8-19-10)11(20-13)9-5-1-3-7-18-9/h1-8H,(H3,17,21,22,23,24). The Morgan fingerprint density at radius 2 is 1.46 bits per heavy atom. The molecule has 4 aromatic heterocycles. The van der Waals surface area contributed by atoms with E-state index >= 15 is 0 Å². The Morgan fingerprint density at radius 3 is 2.04 bits per heavy atom. The van der Waals surface area contributed by atoms with Gasteiger partial charge in [-0.05, 0) is 24.3 Å². The van der Waals surface area contributed by atoms with E-state index in [-0.39, 0.29) is 11.5 Å². The van der Waals surface area contributed by atoms with E-state index in [1.54, 1.807) is 24.5 Å². The van der Waals surface area contributed by atoms with E-state index in [2.05, 4.69) is 29.9 Å². The van der Waals surface area contributed by atoms with Crippen molar-refractivity contribution in [2.24, 2.45) is 0 Å². The molecule has 3 N–H and O–H groups in total. The van der Waals surface area contributed by atoms with Crippen molar-refractivity contribution in [3.8, 4) is 22.8 Å². The van der Waals surface area contributed by atoms with Gasteiger partial charge in [-0.15, -0.1) is 0 Å². The molecule has 0 bridgehead atoms. The molecule has 0 unspecified atom stereocenters. The first-order valence-electron chi connectivity index (χ1n) is 7.13. The Kier molecular flexibility index (Phi) is 3.20. The van der Waals surface area contributed by atoms with Gasteiger partial charge in [0.05, 0.1) is 11.4 Å². The molecule has 0 aromatic carbocycles. The first-order chi connectivity index (χ1) is 11.7. The molecule has 116 valence electrons. The lowest BCUT2D eigenvalue weighted by Crippen LogP contribution is -2.15. The summed E-state index contributed by atoms with van der Waals surface area (Å²) in [5.41, 5.74) is 7.99. The number of anilines is 1. The maximum absolute atomic E-state index is 11.6. The van der Waals surface area contributed by atoms with Gasteiger partial charge in [0.1, 0.15) is 22.7 Å². The summed E-state index contributed by atoms with van der Waals surface area (Å²) in [5, 5.41) is 0. The molecule has 0 aliphatic rings. The molecule has 0 aliphatic heterocycles. The minimum atomic E-state index is -0.577. The number of nitrogen functional groups attached to an aromatic ring is 1. The zero-order valence-electron chi connectivity index (χ0n) is 12.3. The average molecular weight is 317 g/mol. The second-order valence-corrected chi connectivity index (χ2v) is 4.98.